The van der Waals surface area contributed by atoms with Crippen LogP contribution in [0.3, 0.4) is 0 Å². The van der Waals surface area contributed by atoms with E-state index in [1.54, 1.807) is 17.8 Å². The van der Waals surface area contributed by atoms with Crippen LogP contribution in [0.1, 0.15) is 42.7 Å². The van der Waals surface area contributed by atoms with Crippen LogP contribution in [0.5, 0.6) is 17.2 Å². The topological polar surface area (TPSA) is 38.7 Å². The van der Waals surface area contributed by atoms with E-state index in [1.165, 1.54) is 0 Å². The van der Waals surface area contributed by atoms with Crippen LogP contribution >= 0.6 is 11.8 Å². The molecule has 0 aromatic heterocycles. The van der Waals surface area contributed by atoms with Gasteiger partial charge in [-0.25, -0.2) is 0 Å². The standard InChI is InChI=1S/C20H26O3S/c1-5-22-17-11-14(4)12-18(23-6-2)19(17)20(24-7-3)15-9-8-10-16(21)13-15/h8-13,20-21H,5-7H2,1-4H3. The molecule has 0 spiro atoms. The van der Waals surface area contributed by atoms with Crippen molar-refractivity contribution < 1.29 is 14.6 Å². The maximum absolute atomic E-state index is 9.89. The first-order valence-electron chi connectivity index (χ1n) is 8.41. The summed E-state index contributed by atoms with van der Waals surface area (Å²) < 4.78 is 11.9. The summed E-state index contributed by atoms with van der Waals surface area (Å²) in [6.07, 6.45) is 0. The van der Waals surface area contributed by atoms with E-state index in [1.807, 2.05) is 39.0 Å². The molecule has 0 aliphatic heterocycles. The van der Waals surface area contributed by atoms with E-state index < -0.39 is 0 Å². The second-order valence-corrected chi connectivity index (χ2v) is 6.85. The fraction of sp³-hybridized carbons (Fsp3) is 0.400. The summed E-state index contributed by atoms with van der Waals surface area (Å²) in [7, 11) is 0. The van der Waals surface area contributed by atoms with Crippen molar-refractivity contribution in [1.82, 2.24) is 0 Å². The van der Waals surface area contributed by atoms with Gasteiger partial charge in [-0.15, -0.1) is 11.8 Å². The van der Waals surface area contributed by atoms with Gasteiger partial charge in [-0.2, -0.15) is 0 Å². The Bertz CT molecular complexity index is 643. The van der Waals surface area contributed by atoms with Gasteiger partial charge in [0.15, 0.2) is 0 Å². The maximum atomic E-state index is 9.89. The first-order valence-corrected chi connectivity index (χ1v) is 9.46. The van der Waals surface area contributed by atoms with E-state index in [9.17, 15) is 5.11 Å². The lowest BCUT2D eigenvalue weighted by Gasteiger charge is -2.24. The van der Waals surface area contributed by atoms with Gasteiger partial charge < -0.3 is 14.6 Å². The van der Waals surface area contributed by atoms with Crippen LogP contribution < -0.4 is 9.47 Å². The number of phenolic OH excluding ortho intramolecular Hbond substituents is 1. The molecule has 2 aromatic carbocycles. The van der Waals surface area contributed by atoms with Gasteiger partial charge >= 0.3 is 0 Å². The van der Waals surface area contributed by atoms with Crippen molar-refractivity contribution in [2.75, 3.05) is 19.0 Å². The number of aromatic hydroxyl groups is 1. The number of aryl methyl sites for hydroxylation is 1. The molecule has 0 heterocycles. The van der Waals surface area contributed by atoms with E-state index in [-0.39, 0.29) is 11.0 Å². The van der Waals surface area contributed by atoms with Gasteiger partial charge in [0.25, 0.3) is 0 Å². The average Bonchev–Trinajstić information content (AvgIpc) is 2.54. The van der Waals surface area contributed by atoms with Crippen LogP contribution in [-0.4, -0.2) is 24.1 Å². The lowest BCUT2D eigenvalue weighted by molar-refractivity contribution is 0.316. The van der Waals surface area contributed by atoms with E-state index in [0.717, 1.165) is 33.9 Å². The summed E-state index contributed by atoms with van der Waals surface area (Å²) in [4.78, 5) is 0. The smallest absolute Gasteiger partial charge is 0.127 e. The molecule has 0 amide bonds. The number of phenols is 1. The Morgan fingerprint density at radius 1 is 1.00 bits per heavy atom. The molecule has 1 atom stereocenters. The van der Waals surface area contributed by atoms with Crippen LogP contribution in [-0.2, 0) is 0 Å². The van der Waals surface area contributed by atoms with Gasteiger partial charge in [0, 0.05) is 0 Å². The molecular weight excluding hydrogens is 320 g/mol. The minimum Gasteiger partial charge on any atom is -0.508 e. The summed E-state index contributed by atoms with van der Waals surface area (Å²) >= 11 is 1.81. The monoisotopic (exact) mass is 346 g/mol. The molecule has 24 heavy (non-hydrogen) atoms. The van der Waals surface area contributed by atoms with E-state index in [4.69, 9.17) is 9.47 Å². The Labute approximate surface area is 149 Å². The number of ether oxygens (including phenoxy) is 2. The minimum atomic E-state index is 0.0470. The zero-order chi connectivity index (χ0) is 17.5. The Morgan fingerprint density at radius 2 is 1.62 bits per heavy atom. The van der Waals surface area contributed by atoms with Crippen molar-refractivity contribution in [2.24, 2.45) is 0 Å². The van der Waals surface area contributed by atoms with E-state index >= 15 is 0 Å². The summed E-state index contributed by atoms with van der Waals surface area (Å²) in [6, 6.07) is 11.6. The van der Waals surface area contributed by atoms with Crippen LogP contribution in [0, 0.1) is 6.92 Å². The number of benzene rings is 2. The van der Waals surface area contributed by atoms with Gasteiger partial charge in [-0.1, -0.05) is 19.1 Å². The minimum absolute atomic E-state index is 0.0470. The van der Waals surface area contributed by atoms with E-state index in [2.05, 4.69) is 19.1 Å². The van der Waals surface area contributed by atoms with Gasteiger partial charge in [0.2, 0.25) is 0 Å². The van der Waals surface area contributed by atoms with Crippen molar-refractivity contribution in [3.05, 3.63) is 53.1 Å². The summed E-state index contributed by atoms with van der Waals surface area (Å²) in [5, 5.41) is 9.94. The lowest BCUT2D eigenvalue weighted by atomic mass is 10.00. The molecule has 0 aliphatic rings. The zero-order valence-corrected chi connectivity index (χ0v) is 15.7. The van der Waals surface area contributed by atoms with Gasteiger partial charge in [-0.05, 0) is 61.9 Å². The van der Waals surface area contributed by atoms with Gasteiger partial charge in [-0.3, -0.25) is 0 Å². The van der Waals surface area contributed by atoms with Crippen molar-refractivity contribution in [3.63, 3.8) is 0 Å². The molecule has 1 unspecified atom stereocenters. The highest BCUT2D eigenvalue weighted by Crippen LogP contribution is 2.46. The Hall–Kier alpha value is -1.81. The molecular formula is C20H26O3S. The molecule has 0 bridgehead atoms. The fourth-order valence-electron chi connectivity index (χ4n) is 2.74. The van der Waals surface area contributed by atoms with Gasteiger partial charge in [0.1, 0.15) is 17.2 Å². The molecule has 0 saturated heterocycles. The SMILES string of the molecule is CCOc1cc(C)cc(OCC)c1C(SCC)c1cccc(O)c1. The normalized spacial score (nSPS) is 12.0. The van der Waals surface area contributed by atoms with Crippen molar-refractivity contribution in [2.45, 2.75) is 32.9 Å². The largest absolute Gasteiger partial charge is 0.508 e. The van der Waals surface area contributed by atoms with E-state index in [0.29, 0.717) is 13.2 Å². The quantitative estimate of drug-likeness (QED) is 0.700. The van der Waals surface area contributed by atoms with Crippen LogP contribution in [0.2, 0.25) is 0 Å². The van der Waals surface area contributed by atoms with Crippen LogP contribution in [0.15, 0.2) is 36.4 Å². The van der Waals surface area contributed by atoms with Crippen molar-refractivity contribution in [3.8, 4) is 17.2 Å². The van der Waals surface area contributed by atoms with Crippen LogP contribution in [0.25, 0.3) is 0 Å². The maximum Gasteiger partial charge on any atom is 0.127 e. The summed E-state index contributed by atoms with van der Waals surface area (Å²) in [5.74, 6) is 2.94. The molecule has 130 valence electrons. The number of rotatable bonds is 8. The molecule has 4 heteroatoms. The molecule has 1 N–H and O–H groups in total. The van der Waals surface area contributed by atoms with Crippen LogP contribution in [0.4, 0.5) is 0 Å². The number of hydrogen-bond donors (Lipinski definition) is 1. The predicted molar refractivity (Wildman–Crippen MR) is 102 cm³/mol. The third-order valence-electron chi connectivity index (χ3n) is 3.62. The van der Waals surface area contributed by atoms with Crippen molar-refractivity contribution in [1.29, 1.82) is 0 Å². The first kappa shape index (κ1) is 18.5. The highest BCUT2D eigenvalue weighted by Gasteiger charge is 2.24. The predicted octanol–water partition coefficient (Wildman–Crippen LogP) is 5.34. The molecule has 0 fully saturated rings. The molecule has 2 aromatic rings. The molecule has 0 aliphatic carbocycles. The molecule has 0 saturated carbocycles. The summed E-state index contributed by atoms with van der Waals surface area (Å²) in [5.41, 5.74) is 3.20. The number of hydrogen-bond acceptors (Lipinski definition) is 4. The third kappa shape index (κ3) is 4.38. The number of thioether (sulfide) groups is 1. The third-order valence-corrected chi connectivity index (χ3v) is 4.79. The first-order chi connectivity index (χ1) is 11.6. The second-order valence-electron chi connectivity index (χ2n) is 5.47. The summed E-state index contributed by atoms with van der Waals surface area (Å²) in [6.45, 7) is 9.36. The Kier molecular flexibility index (Phi) is 6.85. The Morgan fingerprint density at radius 3 is 2.12 bits per heavy atom. The average molecular weight is 346 g/mol. The molecule has 2 rings (SSSR count). The highest BCUT2D eigenvalue weighted by atomic mass is 32.2. The highest BCUT2D eigenvalue weighted by molar-refractivity contribution is 7.99. The molecule has 3 nitrogen and oxygen atoms in total. The lowest BCUT2D eigenvalue weighted by Crippen LogP contribution is -2.07. The zero-order valence-electron chi connectivity index (χ0n) is 14.8. The Balaban J connectivity index is 2.62. The van der Waals surface area contributed by atoms with Gasteiger partial charge in [0.05, 0.1) is 24.0 Å². The molecule has 0 radical (unpaired) electrons. The van der Waals surface area contributed by atoms with Crippen molar-refractivity contribution >= 4 is 11.8 Å². The fourth-order valence-corrected chi connectivity index (χ4v) is 3.81. The second kappa shape index (κ2) is 8.88.